The number of nitrogens with zero attached hydrogens (tertiary/aromatic N) is 1. The van der Waals surface area contributed by atoms with Crippen molar-refractivity contribution in [2.45, 2.75) is 4.90 Å². The van der Waals surface area contributed by atoms with Crippen LogP contribution in [0, 0.1) is 0 Å². The maximum absolute atomic E-state index is 12.2. The van der Waals surface area contributed by atoms with E-state index in [-0.39, 0.29) is 21.8 Å². The van der Waals surface area contributed by atoms with Crippen molar-refractivity contribution in [1.82, 2.24) is 4.98 Å². The first-order chi connectivity index (χ1) is 9.79. The molecule has 0 saturated heterocycles. The number of carboxylic acids is 1. The standard InChI is InChI=1S/C13H10N2O5S/c14-21(19,20)9-4-1-3-8(7-9)12(16)10-5-2-6-11(15-10)13(17)18/h1-7H,(H,17,18)(H2,14,19,20). The van der Waals surface area contributed by atoms with Gasteiger partial charge in [0.1, 0.15) is 11.4 Å². The van der Waals surface area contributed by atoms with E-state index >= 15 is 0 Å². The molecule has 1 aromatic heterocycles. The van der Waals surface area contributed by atoms with Gasteiger partial charge in [-0.2, -0.15) is 0 Å². The zero-order valence-electron chi connectivity index (χ0n) is 10.6. The SMILES string of the molecule is NS(=O)(=O)c1cccc(C(=O)c2cccc(C(=O)O)n2)c1. The van der Waals surface area contributed by atoms with Crippen LogP contribution in [0.1, 0.15) is 26.5 Å². The van der Waals surface area contributed by atoms with Gasteiger partial charge in [0.15, 0.2) is 0 Å². The molecule has 1 aromatic carbocycles. The van der Waals surface area contributed by atoms with Gasteiger partial charge >= 0.3 is 5.97 Å². The van der Waals surface area contributed by atoms with Gasteiger partial charge in [-0.25, -0.2) is 23.3 Å². The third-order valence-electron chi connectivity index (χ3n) is 2.63. The van der Waals surface area contributed by atoms with Gasteiger partial charge in [-0.3, -0.25) is 4.79 Å². The summed E-state index contributed by atoms with van der Waals surface area (Å²) >= 11 is 0. The molecule has 2 aromatic rings. The number of rotatable bonds is 4. The lowest BCUT2D eigenvalue weighted by Crippen LogP contribution is -2.14. The van der Waals surface area contributed by atoms with Gasteiger partial charge in [-0.15, -0.1) is 0 Å². The van der Waals surface area contributed by atoms with Crippen molar-refractivity contribution in [2.24, 2.45) is 5.14 Å². The number of nitrogens with two attached hydrogens (primary N) is 1. The molecule has 3 N–H and O–H groups in total. The molecule has 2 rings (SSSR count). The van der Waals surface area contributed by atoms with Crippen LogP contribution in [0.4, 0.5) is 0 Å². The smallest absolute Gasteiger partial charge is 0.354 e. The maximum Gasteiger partial charge on any atom is 0.354 e. The van der Waals surface area contributed by atoms with Crippen molar-refractivity contribution >= 4 is 21.8 Å². The summed E-state index contributed by atoms with van der Waals surface area (Å²) in [7, 11) is -3.93. The first kappa shape index (κ1) is 14.8. The van der Waals surface area contributed by atoms with E-state index in [9.17, 15) is 18.0 Å². The second-order valence-electron chi connectivity index (χ2n) is 4.12. The molecule has 0 amide bonds. The largest absolute Gasteiger partial charge is 0.477 e. The average Bonchev–Trinajstić information content (AvgIpc) is 2.46. The van der Waals surface area contributed by atoms with Crippen LogP contribution in [-0.4, -0.2) is 30.3 Å². The third kappa shape index (κ3) is 3.30. The van der Waals surface area contributed by atoms with Gasteiger partial charge in [0.05, 0.1) is 4.90 Å². The van der Waals surface area contributed by atoms with Gasteiger partial charge < -0.3 is 5.11 Å². The number of hydrogen-bond acceptors (Lipinski definition) is 5. The van der Waals surface area contributed by atoms with Crippen molar-refractivity contribution in [3.05, 3.63) is 59.4 Å². The molecular formula is C13H10N2O5S. The minimum atomic E-state index is -3.93. The summed E-state index contributed by atoms with van der Waals surface area (Å²) in [5.41, 5.74) is -0.318. The van der Waals surface area contributed by atoms with Crippen LogP contribution < -0.4 is 5.14 Å². The summed E-state index contributed by atoms with van der Waals surface area (Å²) in [6, 6.07) is 9.12. The van der Waals surface area contributed by atoms with Crippen LogP contribution in [0.25, 0.3) is 0 Å². The van der Waals surface area contributed by atoms with E-state index in [1.54, 1.807) is 0 Å². The number of pyridine rings is 1. The van der Waals surface area contributed by atoms with E-state index in [1.165, 1.54) is 36.4 Å². The van der Waals surface area contributed by atoms with Crippen molar-refractivity contribution in [3.63, 3.8) is 0 Å². The van der Waals surface area contributed by atoms with Crippen LogP contribution in [0.2, 0.25) is 0 Å². The highest BCUT2D eigenvalue weighted by molar-refractivity contribution is 7.89. The Hall–Kier alpha value is -2.58. The Labute approximate surface area is 120 Å². The summed E-state index contributed by atoms with van der Waals surface area (Å²) in [5, 5.41) is 13.8. The number of ketones is 1. The number of carbonyl (C=O) groups is 2. The normalized spacial score (nSPS) is 11.1. The van der Waals surface area contributed by atoms with Gasteiger partial charge in [0.25, 0.3) is 0 Å². The van der Waals surface area contributed by atoms with Crippen LogP contribution in [0.3, 0.4) is 0 Å². The van der Waals surface area contributed by atoms with E-state index in [2.05, 4.69) is 4.98 Å². The Morgan fingerprint density at radius 1 is 1.05 bits per heavy atom. The molecule has 1 heterocycles. The lowest BCUT2D eigenvalue weighted by molar-refractivity contribution is 0.0690. The monoisotopic (exact) mass is 306 g/mol. The van der Waals surface area contributed by atoms with Crippen molar-refractivity contribution in [1.29, 1.82) is 0 Å². The summed E-state index contributed by atoms with van der Waals surface area (Å²) in [4.78, 5) is 26.5. The number of carbonyl (C=O) groups excluding carboxylic acids is 1. The zero-order valence-corrected chi connectivity index (χ0v) is 11.4. The number of benzene rings is 1. The molecule has 0 spiro atoms. The highest BCUT2D eigenvalue weighted by atomic mass is 32.2. The Morgan fingerprint density at radius 3 is 2.29 bits per heavy atom. The van der Waals surface area contributed by atoms with Crippen molar-refractivity contribution in [3.8, 4) is 0 Å². The molecule has 0 radical (unpaired) electrons. The summed E-state index contributed by atoms with van der Waals surface area (Å²) in [5.74, 6) is -1.86. The molecule has 7 nitrogen and oxygen atoms in total. The van der Waals surface area contributed by atoms with Crippen LogP contribution in [0.15, 0.2) is 47.4 Å². The lowest BCUT2D eigenvalue weighted by atomic mass is 10.1. The molecule has 0 aliphatic carbocycles. The molecule has 0 aliphatic rings. The average molecular weight is 306 g/mol. The zero-order chi connectivity index (χ0) is 15.6. The minimum absolute atomic E-state index is 0.0524. The molecule has 8 heteroatoms. The molecule has 0 aliphatic heterocycles. The fraction of sp³-hybridized carbons (Fsp3) is 0. The fourth-order valence-corrected chi connectivity index (χ4v) is 2.20. The minimum Gasteiger partial charge on any atom is -0.477 e. The first-order valence-corrected chi connectivity index (χ1v) is 7.21. The summed E-state index contributed by atoms with van der Waals surface area (Å²) in [6.07, 6.45) is 0. The number of sulfonamides is 1. The molecule has 0 unspecified atom stereocenters. The Morgan fingerprint density at radius 2 is 1.67 bits per heavy atom. The predicted octanol–water partition coefficient (Wildman–Crippen LogP) is 0.658. The number of aromatic nitrogens is 1. The van der Waals surface area contributed by atoms with Gasteiger partial charge in [0.2, 0.25) is 15.8 Å². The molecule has 108 valence electrons. The lowest BCUT2D eigenvalue weighted by Gasteiger charge is -2.04. The second-order valence-corrected chi connectivity index (χ2v) is 5.68. The summed E-state index contributed by atoms with van der Waals surface area (Å²) in [6.45, 7) is 0. The van der Waals surface area contributed by atoms with Crippen LogP contribution in [0.5, 0.6) is 0 Å². The highest BCUT2D eigenvalue weighted by Gasteiger charge is 2.16. The Balaban J connectivity index is 2.45. The second kappa shape index (κ2) is 5.43. The molecule has 0 atom stereocenters. The van der Waals surface area contributed by atoms with Crippen LogP contribution >= 0.6 is 0 Å². The molecule has 0 bridgehead atoms. The number of aromatic carboxylic acids is 1. The van der Waals surface area contributed by atoms with E-state index in [4.69, 9.17) is 10.2 Å². The van der Waals surface area contributed by atoms with E-state index in [1.807, 2.05) is 0 Å². The van der Waals surface area contributed by atoms with Gasteiger partial charge in [0, 0.05) is 5.56 Å². The molecule has 0 fully saturated rings. The predicted molar refractivity (Wildman–Crippen MR) is 72.4 cm³/mol. The van der Waals surface area contributed by atoms with Crippen molar-refractivity contribution in [2.75, 3.05) is 0 Å². The maximum atomic E-state index is 12.2. The summed E-state index contributed by atoms with van der Waals surface area (Å²) < 4.78 is 22.5. The van der Waals surface area contributed by atoms with E-state index in [0.29, 0.717) is 0 Å². The van der Waals surface area contributed by atoms with E-state index < -0.39 is 21.8 Å². The quantitative estimate of drug-likeness (QED) is 0.799. The molecule has 0 saturated carbocycles. The number of primary sulfonamides is 1. The highest BCUT2D eigenvalue weighted by Crippen LogP contribution is 2.13. The number of hydrogen-bond donors (Lipinski definition) is 2. The molecular weight excluding hydrogens is 296 g/mol. The van der Waals surface area contributed by atoms with Gasteiger partial charge in [-0.05, 0) is 24.3 Å². The first-order valence-electron chi connectivity index (χ1n) is 5.67. The van der Waals surface area contributed by atoms with Gasteiger partial charge in [-0.1, -0.05) is 18.2 Å². The Bertz CT molecular complexity index is 830. The Kier molecular flexibility index (Phi) is 3.83. The topological polar surface area (TPSA) is 127 Å². The van der Waals surface area contributed by atoms with E-state index in [0.717, 1.165) is 6.07 Å². The number of carboxylic acid groups (broad SMARTS) is 1. The molecule has 21 heavy (non-hydrogen) atoms. The van der Waals surface area contributed by atoms with Crippen LogP contribution in [-0.2, 0) is 10.0 Å². The third-order valence-corrected chi connectivity index (χ3v) is 3.54. The fourth-order valence-electron chi connectivity index (χ4n) is 1.64. The van der Waals surface area contributed by atoms with Crippen molar-refractivity contribution < 1.29 is 23.1 Å².